The van der Waals surface area contributed by atoms with Gasteiger partial charge in [0.25, 0.3) is 0 Å². The second-order valence-electron chi connectivity index (χ2n) is 4.85. The van der Waals surface area contributed by atoms with E-state index >= 15 is 0 Å². The SMILES string of the molecule is Cc1cc(C)cc(CC(O)c2c(Cl)cccc2Cl)c1. The Morgan fingerprint density at radius 3 is 2.05 bits per heavy atom. The highest BCUT2D eigenvalue weighted by molar-refractivity contribution is 6.36. The third-order valence-electron chi connectivity index (χ3n) is 3.04. The molecule has 0 aliphatic rings. The fraction of sp³-hybridized carbons (Fsp3) is 0.250. The first kappa shape index (κ1) is 14.4. The molecule has 0 fully saturated rings. The van der Waals surface area contributed by atoms with Crippen molar-refractivity contribution in [1.29, 1.82) is 0 Å². The summed E-state index contributed by atoms with van der Waals surface area (Å²) in [6.07, 6.45) is -0.186. The first-order chi connectivity index (χ1) is 8.97. The maximum atomic E-state index is 10.3. The molecule has 0 saturated carbocycles. The third-order valence-corrected chi connectivity index (χ3v) is 3.70. The van der Waals surface area contributed by atoms with Crippen LogP contribution in [-0.2, 0) is 6.42 Å². The highest BCUT2D eigenvalue weighted by Crippen LogP contribution is 2.32. The number of rotatable bonds is 3. The molecule has 0 aliphatic carbocycles. The lowest BCUT2D eigenvalue weighted by Crippen LogP contribution is -2.04. The Labute approximate surface area is 123 Å². The standard InChI is InChI=1S/C16H16Cl2O/c1-10-6-11(2)8-12(7-10)9-15(19)16-13(17)4-3-5-14(16)18/h3-8,15,19H,9H2,1-2H3. The van der Waals surface area contributed by atoms with E-state index in [4.69, 9.17) is 23.2 Å². The molecule has 0 heterocycles. The second-order valence-corrected chi connectivity index (χ2v) is 5.67. The lowest BCUT2D eigenvalue weighted by atomic mass is 9.98. The Morgan fingerprint density at radius 2 is 1.53 bits per heavy atom. The molecule has 0 saturated heterocycles. The van der Waals surface area contributed by atoms with E-state index in [1.54, 1.807) is 18.2 Å². The van der Waals surface area contributed by atoms with Crippen molar-refractivity contribution in [2.24, 2.45) is 0 Å². The average molecular weight is 295 g/mol. The second kappa shape index (κ2) is 5.96. The molecule has 1 unspecified atom stereocenters. The van der Waals surface area contributed by atoms with Crippen LogP contribution in [0.5, 0.6) is 0 Å². The Balaban J connectivity index is 2.28. The topological polar surface area (TPSA) is 20.2 Å². The molecular weight excluding hydrogens is 279 g/mol. The van der Waals surface area contributed by atoms with Crippen LogP contribution in [0.2, 0.25) is 10.0 Å². The Hall–Kier alpha value is -1.02. The molecule has 1 atom stereocenters. The predicted octanol–water partition coefficient (Wildman–Crippen LogP) is 4.89. The molecule has 3 heteroatoms. The van der Waals surface area contributed by atoms with E-state index in [9.17, 15) is 5.11 Å². The Kier molecular flexibility index (Phi) is 4.51. The number of aliphatic hydroxyl groups excluding tert-OH is 1. The van der Waals surface area contributed by atoms with Crippen LogP contribution in [-0.4, -0.2) is 5.11 Å². The Morgan fingerprint density at radius 1 is 1.00 bits per heavy atom. The maximum absolute atomic E-state index is 10.3. The number of benzene rings is 2. The first-order valence-corrected chi connectivity index (χ1v) is 6.92. The minimum atomic E-state index is -0.692. The molecule has 1 nitrogen and oxygen atoms in total. The van der Waals surface area contributed by atoms with E-state index in [0.717, 1.165) is 5.56 Å². The molecule has 0 amide bonds. The van der Waals surface area contributed by atoms with Crippen LogP contribution in [0.15, 0.2) is 36.4 Å². The number of aryl methyl sites for hydroxylation is 2. The van der Waals surface area contributed by atoms with Gasteiger partial charge in [0.15, 0.2) is 0 Å². The summed E-state index contributed by atoms with van der Waals surface area (Å²) < 4.78 is 0. The number of aliphatic hydroxyl groups is 1. The van der Waals surface area contributed by atoms with E-state index in [-0.39, 0.29) is 0 Å². The lowest BCUT2D eigenvalue weighted by Gasteiger charge is -2.15. The van der Waals surface area contributed by atoms with E-state index < -0.39 is 6.10 Å². The van der Waals surface area contributed by atoms with E-state index in [1.807, 2.05) is 13.8 Å². The smallest absolute Gasteiger partial charge is 0.0859 e. The molecule has 0 bridgehead atoms. The molecule has 0 aliphatic heterocycles. The number of hydrogen-bond donors (Lipinski definition) is 1. The summed E-state index contributed by atoms with van der Waals surface area (Å²) in [6.45, 7) is 4.09. The van der Waals surface area contributed by atoms with E-state index in [1.165, 1.54) is 11.1 Å². The fourth-order valence-electron chi connectivity index (χ4n) is 2.34. The van der Waals surface area contributed by atoms with Gasteiger partial charge in [-0.3, -0.25) is 0 Å². The van der Waals surface area contributed by atoms with Gasteiger partial charge in [0, 0.05) is 22.0 Å². The molecule has 100 valence electrons. The molecule has 1 N–H and O–H groups in total. The van der Waals surface area contributed by atoms with Gasteiger partial charge in [-0.05, 0) is 31.5 Å². The summed E-state index contributed by atoms with van der Waals surface area (Å²) in [5.41, 5.74) is 4.06. The van der Waals surface area contributed by atoms with Crippen molar-refractivity contribution >= 4 is 23.2 Å². The van der Waals surface area contributed by atoms with E-state index in [0.29, 0.717) is 22.0 Å². The molecule has 19 heavy (non-hydrogen) atoms. The molecular formula is C16H16Cl2O. The lowest BCUT2D eigenvalue weighted by molar-refractivity contribution is 0.178. The highest BCUT2D eigenvalue weighted by atomic mass is 35.5. The van der Waals surface area contributed by atoms with Crippen molar-refractivity contribution in [3.8, 4) is 0 Å². The van der Waals surface area contributed by atoms with Crippen LogP contribution in [0.4, 0.5) is 0 Å². The minimum absolute atomic E-state index is 0.504. The zero-order chi connectivity index (χ0) is 14.0. The molecule has 2 rings (SSSR count). The van der Waals surface area contributed by atoms with Crippen LogP contribution in [0.3, 0.4) is 0 Å². The number of hydrogen-bond acceptors (Lipinski definition) is 1. The van der Waals surface area contributed by atoms with Gasteiger partial charge in [0.1, 0.15) is 0 Å². The van der Waals surface area contributed by atoms with Gasteiger partial charge in [-0.15, -0.1) is 0 Å². The molecule has 0 spiro atoms. The van der Waals surface area contributed by atoms with Crippen LogP contribution < -0.4 is 0 Å². The molecule has 2 aromatic rings. The summed E-state index contributed by atoms with van der Waals surface area (Å²) in [6, 6.07) is 11.5. The fourth-order valence-corrected chi connectivity index (χ4v) is 2.99. The summed E-state index contributed by atoms with van der Waals surface area (Å²) in [5, 5.41) is 11.4. The maximum Gasteiger partial charge on any atom is 0.0859 e. The predicted molar refractivity (Wildman–Crippen MR) is 81.0 cm³/mol. The van der Waals surface area contributed by atoms with E-state index in [2.05, 4.69) is 18.2 Å². The summed E-state index contributed by atoms with van der Waals surface area (Å²) in [5.74, 6) is 0. The monoisotopic (exact) mass is 294 g/mol. The van der Waals surface area contributed by atoms with Gasteiger partial charge in [-0.25, -0.2) is 0 Å². The largest absolute Gasteiger partial charge is 0.388 e. The van der Waals surface area contributed by atoms with Crippen molar-refractivity contribution in [2.45, 2.75) is 26.4 Å². The van der Waals surface area contributed by atoms with Crippen LogP contribution in [0.1, 0.15) is 28.4 Å². The minimum Gasteiger partial charge on any atom is -0.388 e. The van der Waals surface area contributed by atoms with Crippen molar-refractivity contribution in [2.75, 3.05) is 0 Å². The van der Waals surface area contributed by atoms with Gasteiger partial charge in [-0.1, -0.05) is 58.6 Å². The van der Waals surface area contributed by atoms with Crippen LogP contribution >= 0.6 is 23.2 Å². The van der Waals surface area contributed by atoms with Gasteiger partial charge in [0.05, 0.1) is 6.10 Å². The first-order valence-electron chi connectivity index (χ1n) is 6.16. The Bertz CT molecular complexity index is 553. The van der Waals surface area contributed by atoms with Gasteiger partial charge >= 0.3 is 0 Å². The van der Waals surface area contributed by atoms with Crippen molar-refractivity contribution in [3.63, 3.8) is 0 Å². The highest BCUT2D eigenvalue weighted by Gasteiger charge is 2.16. The number of halogens is 2. The molecule has 0 aromatic heterocycles. The average Bonchev–Trinajstić information content (AvgIpc) is 2.26. The van der Waals surface area contributed by atoms with Crippen molar-refractivity contribution in [1.82, 2.24) is 0 Å². The van der Waals surface area contributed by atoms with Gasteiger partial charge < -0.3 is 5.11 Å². The normalized spacial score (nSPS) is 12.5. The quantitative estimate of drug-likeness (QED) is 0.855. The van der Waals surface area contributed by atoms with Crippen LogP contribution in [0, 0.1) is 13.8 Å². The van der Waals surface area contributed by atoms with Crippen molar-refractivity contribution in [3.05, 3.63) is 68.7 Å². The van der Waals surface area contributed by atoms with Crippen molar-refractivity contribution < 1.29 is 5.11 Å². The van der Waals surface area contributed by atoms with Gasteiger partial charge in [0.2, 0.25) is 0 Å². The summed E-state index contributed by atoms with van der Waals surface area (Å²) in [4.78, 5) is 0. The molecule has 0 radical (unpaired) electrons. The zero-order valence-corrected chi connectivity index (χ0v) is 12.5. The summed E-state index contributed by atoms with van der Waals surface area (Å²) >= 11 is 12.2. The van der Waals surface area contributed by atoms with Gasteiger partial charge in [-0.2, -0.15) is 0 Å². The third kappa shape index (κ3) is 3.50. The molecule has 2 aromatic carbocycles. The van der Waals surface area contributed by atoms with Crippen LogP contribution in [0.25, 0.3) is 0 Å². The summed E-state index contributed by atoms with van der Waals surface area (Å²) in [7, 11) is 0. The zero-order valence-electron chi connectivity index (χ0n) is 11.0.